The minimum absolute atomic E-state index is 0. The molecule has 0 unspecified atom stereocenters. The second-order valence-corrected chi connectivity index (χ2v) is 4.52. The molecule has 2 aromatic rings. The van der Waals surface area contributed by atoms with Crippen LogP contribution in [0.25, 0.3) is 10.3 Å². The van der Waals surface area contributed by atoms with Crippen molar-refractivity contribution in [2.45, 2.75) is 6.92 Å². The molecule has 0 radical (unpaired) electrons. The maximum absolute atomic E-state index is 11.4. The van der Waals surface area contributed by atoms with E-state index in [1.165, 1.54) is 17.5 Å². The molecular formula is C9H9KN2O2S2. The van der Waals surface area contributed by atoms with Crippen LogP contribution in [0, 0.1) is 3.95 Å². The van der Waals surface area contributed by atoms with E-state index in [1.54, 1.807) is 13.0 Å². The number of aromatic amines is 1. The molecule has 0 aliphatic heterocycles. The van der Waals surface area contributed by atoms with E-state index >= 15 is 0 Å². The van der Waals surface area contributed by atoms with E-state index in [-0.39, 0.29) is 58.8 Å². The number of nitrogens with one attached hydrogen (secondary N) is 1. The number of H-pyrrole nitrogens is 1. The van der Waals surface area contributed by atoms with Crippen LogP contribution in [0.15, 0.2) is 12.3 Å². The van der Waals surface area contributed by atoms with Gasteiger partial charge in [0.15, 0.2) is 3.95 Å². The quantitative estimate of drug-likeness (QED) is 0.464. The number of ether oxygens (including phenoxy) is 1. The number of thiazole rings is 1. The van der Waals surface area contributed by atoms with Crippen LogP contribution in [0.4, 0.5) is 0 Å². The number of carbonyl (C=O) groups is 1. The fourth-order valence-corrected chi connectivity index (χ4v) is 2.26. The zero-order valence-electron chi connectivity index (χ0n) is 9.94. The van der Waals surface area contributed by atoms with Gasteiger partial charge in [-0.15, -0.1) is 11.3 Å². The summed E-state index contributed by atoms with van der Waals surface area (Å²) in [6, 6.07) is 1.73. The van der Waals surface area contributed by atoms with Gasteiger partial charge in [0, 0.05) is 6.20 Å². The van der Waals surface area contributed by atoms with Gasteiger partial charge >= 0.3 is 57.4 Å². The molecule has 0 fully saturated rings. The fraction of sp³-hybridized carbons (Fsp3) is 0.222. The van der Waals surface area contributed by atoms with Crippen molar-refractivity contribution in [1.29, 1.82) is 0 Å². The molecule has 0 amide bonds. The SMILES string of the molecule is CCOC(=O)c1cnc2[nH]c(=S)sc2c1.[H-].[K+]. The van der Waals surface area contributed by atoms with Crippen molar-refractivity contribution in [1.82, 2.24) is 9.97 Å². The third-order valence-corrected chi connectivity index (χ3v) is 2.96. The molecule has 0 spiro atoms. The Morgan fingerprint density at radius 1 is 1.75 bits per heavy atom. The number of carbonyl (C=O) groups excluding carboxylic acids is 1. The molecule has 16 heavy (non-hydrogen) atoms. The Bertz CT molecular complexity index is 569. The monoisotopic (exact) mass is 280 g/mol. The first-order valence-electron chi connectivity index (χ1n) is 4.36. The molecule has 0 aromatic carbocycles. The second kappa shape index (κ2) is 6.34. The summed E-state index contributed by atoms with van der Waals surface area (Å²) >= 11 is 6.37. The first-order valence-corrected chi connectivity index (χ1v) is 5.59. The molecule has 0 aliphatic rings. The van der Waals surface area contributed by atoms with Crippen molar-refractivity contribution in [2.75, 3.05) is 6.61 Å². The van der Waals surface area contributed by atoms with E-state index in [0.29, 0.717) is 21.8 Å². The molecule has 0 saturated carbocycles. The van der Waals surface area contributed by atoms with Crippen molar-refractivity contribution >= 4 is 39.9 Å². The average molecular weight is 280 g/mol. The maximum Gasteiger partial charge on any atom is 1.00 e. The Labute approximate surface area is 145 Å². The molecule has 0 saturated heterocycles. The molecule has 1 N–H and O–H groups in total. The number of hydrogen-bond acceptors (Lipinski definition) is 5. The first-order chi connectivity index (χ1) is 7.20. The first kappa shape index (κ1) is 14.4. The summed E-state index contributed by atoms with van der Waals surface area (Å²) in [5.41, 5.74) is 1.16. The predicted molar refractivity (Wildman–Crippen MR) is 61.9 cm³/mol. The van der Waals surface area contributed by atoms with Crippen molar-refractivity contribution in [2.24, 2.45) is 0 Å². The Kier molecular flexibility index (Phi) is 5.72. The van der Waals surface area contributed by atoms with Gasteiger partial charge in [0.25, 0.3) is 0 Å². The van der Waals surface area contributed by atoms with E-state index in [0.717, 1.165) is 4.70 Å². The molecule has 0 atom stereocenters. The van der Waals surface area contributed by atoms with E-state index in [9.17, 15) is 4.79 Å². The van der Waals surface area contributed by atoms with Crippen molar-refractivity contribution in [3.63, 3.8) is 0 Å². The van der Waals surface area contributed by atoms with Gasteiger partial charge in [-0.1, -0.05) is 0 Å². The zero-order chi connectivity index (χ0) is 10.8. The maximum atomic E-state index is 11.4. The summed E-state index contributed by atoms with van der Waals surface area (Å²) in [6.07, 6.45) is 1.48. The zero-order valence-corrected chi connectivity index (χ0v) is 13.7. The summed E-state index contributed by atoms with van der Waals surface area (Å²) in [4.78, 5) is 18.4. The number of aromatic nitrogens is 2. The van der Waals surface area contributed by atoms with E-state index < -0.39 is 0 Å². The third-order valence-electron chi connectivity index (χ3n) is 1.79. The number of pyridine rings is 1. The molecule has 4 nitrogen and oxygen atoms in total. The fourth-order valence-electron chi connectivity index (χ4n) is 1.16. The summed E-state index contributed by atoms with van der Waals surface area (Å²) in [5, 5.41) is 0. The van der Waals surface area contributed by atoms with Gasteiger partial charge in [-0.05, 0) is 25.2 Å². The van der Waals surface area contributed by atoms with Crippen molar-refractivity contribution in [3.8, 4) is 0 Å². The van der Waals surface area contributed by atoms with Crippen molar-refractivity contribution < 1.29 is 62.3 Å². The number of esters is 1. The van der Waals surface area contributed by atoms with Gasteiger partial charge in [0.2, 0.25) is 0 Å². The Morgan fingerprint density at radius 3 is 3.19 bits per heavy atom. The molecule has 80 valence electrons. The van der Waals surface area contributed by atoms with Crippen LogP contribution >= 0.6 is 23.6 Å². The molecule has 7 heteroatoms. The standard InChI is InChI=1S/C9H8N2O2S2.K.H/c1-2-13-8(12)5-3-6-7(10-4-5)11-9(14)15-6;;/h3-4H,2H2,1H3,(H,10,11,14);;/q;+1;-1. The van der Waals surface area contributed by atoms with Crippen LogP contribution in [0.3, 0.4) is 0 Å². The van der Waals surface area contributed by atoms with E-state index in [2.05, 4.69) is 9.97 Å². The Morgan fingerprint density at radius 2 is 2.50 bits per heavy atom. The summed E-state index contributed by atoms with van der Waals surface area (Å²) in [7, 11) is 0. The van der Waals surface area contributed by atoms with Crippen LogP contribution in [-0.4, -0.2) is 22.5 Å². The smallest absolute Gasteiger partial charge is 1.00 e. The molecule has 0 aliphatic carbocycles. The normalized spacial score (nSPS) is 9.81. The number of rotatable bonds is 2. The Balaban J connectivity index is 0.00000128. The van der Waals surface area contributed by atoms with Gasteiger partial charge in [0.05, 0.1) is 16.9 Å². The van der Waals surface area contributed by atoms with Crippen LogP contribution in [0.5, 0.6) is 0 Å². The third kappa shape index (κ3) is 3.19. The summed E-state index contributed by atoms with van der Waals surface area (Å²) in [5.74, 6) is -0.355. The second-order valence-electron chi connectivity index (χ2n) is 2.81. The van der Waals surface area contributed by atoms with Crippen LogP contribution in [-0.2, 0) is 4.74 Å². The van der Waals surface area contributed by atoms with Gasteiger partial charge in [0.1, 0.15) is 5.65 Å². The van der Waals surface area contributed by atoms with Gasteiger partial charge in [-0.3, -0.25) is 0 Å². The van der Waals surface area contributed by atoms with E-state index in [1.807, 2.05) is 0 Å². The number of fused-ring (bicyclic) bond motifs is 1. The predicted octanol–water partition coefficient (Wildman–Crippen LogP) is -0.353. The Hall–Kier alpha value is 0.366. The van der Waals surface area contributed by atoms with Crippen LogP contribution in [0.1, 0.15) is 18.7 Å². The minimum Gasteiger partial charge on any atom is -1.00 e. The topological polar surface area (TPSA) is 55.0 Å². The molecule has 2 heterocycles. The summed E-state index contributed by atoms with van der Waals surface area (Å²) in [6.45, 7) is 2.13. The van der Waals surface area contributed by atoms with Gasteiger partial charge in [-0.2, -0.15) is 0 Å². The molecule has 2 aromatic heterocycles. The number of nitrogens with zero attached hydrogens (tertiary/aromatic N) is 1. The molecule has 0 bridgehead atoms. The average Bonchev–Trinajstić information content (AvgIpc) is 2.57. The molecule has 2 rings (SSSR count). The number of hydrogen-bond donors (Lipinski definition) is 1. The van der Waals surface area contributed by atoms with Gasteiger partial charge < -0.3 is 11.1 Å². The van der Waals surface area contributed by atoms with Crippen LogP contribution in [0.2, 0.25) is 0 Å². The largest absolute Gasteiger partial charge is 1.00 e. The molecular weight excluding hydrogens is 271 g/mol. The van der Waals surface area contributed by atoms with Gasteiger partial charge in [-0.25, -0.2) is 9.78 Å². The van der Waals surface area contributed by atoms with Crippen molar-refractivity contribution in [3.05, 3.63) is 21.8 Å². The summed E-state index contributed by atoms with van der Waals surface area (Å²) < 4.78 is 6.39. The minimum atomic E-state index is -0.355. The van der Waals surface area contributed by atoms with E-state index in [4.69, 9.17) is 17.0 Å². The van der Waals surface area contributed by atoms with Crippen LogP contribution < -0.4 is 51.4 Å².